The van der Waals surface area contributed by atoms with Crippen LogP contribution in [0.2, 0.25) is 0 Å². The van der Waals surface area contributed by atoms with Crippen molar-refractivity contribution in [1.29, 1.82) is 0 Å². The largest absolute Gasteiger partial charge is 0.497 e. The highest BCUT2D eigenvalue weighted by Gasteiger charge is 2.16. The van der Waals surface area contributed by atoms with Crippen molar-refractivity contribution in [2.24, 2.45) is 0 Å². The maximum absolute atomic E-state index is 12.4. The molecular weight excluding hydrogens is 468 g/mol. The van der Waals surface area contributed by atoms with Crippen molar-refractivity contribution in [3.05, 3.63) is 46.4 Å². The number of carbonyl (C=O) groups excluding carboxylic acids is 1. The number of methoxy groups -OCH3 is 2. The number of thioether (sulfide) groups is 1. The molecule has 158 valence electrons. The van der Waals surface area contributed by atoms with E-state index in [0.29, 0.717) is 29.0 Å². The maximum Gasteiger partial charge on any atom is 0.234 e. The zero-order chi connectivity index (χ0) is 21.7. The first kappa shape index (κ1) is 22.2. The van der Waals surface area contributed by atoms with Gasteiger partial charge >= 0.3 is 0 Å². The number of halogens is 1. The number of aromatic nitrogens is 3. The van der Waals surface area contributed by atoms with Crippen molar-refractivity contribution in [2.45, 2.75) is 25.5 Å². The van der Waals surface area contributed by atoms with E-state index in [-0.39, 0.29) is 11.7 Å². The number of amides is 1. The average Bonchev–Trinajstić information content (AvgIpc) is 3.17. The van der Waals surface area contributed by atoms with Gasteiger partial charge < -0.3 is 19.4 Å². The van der Waals surface area contributed by atoms with E-state index in [9.17, 15) is 4.79 Å². The van der Waals surface area contributed by atoms with Gasteiger partial charge in [-0.15, -0.1) is 10.2 Å². The first-order valence-corrected chi connectivity index (χ1v) is 11.1. The van der Waals surface area contributed by atoms with Crippen LogP contribution >= 0.6 is 27.7 Å². The summed E-state index contributed by atoms with van der Waals surface area (Å²) in [6.45, 7) is 4.66. The number of rotatable bonds is 8. The Kier molecular flexibility index (Phi) is 7.38. The molecule has 0 aliphatic carbocycles. The molecule has 0 saturated heterocycles. The van der Waals surface area contributed by atoms with Crippen molar-refractivity contribution in [1.82, 2.24) is 14.8 Å². The van der Waals surface area contributed by atoms with Crippen LogP contribution in [-0.4, -0.2) is 40.6 Å². The van der Waals surface area contributed by atoms with Crippen LogP contribution < -0.4 is 14.8 Å². The topological polar surface area (TPSA) is 78.3 Å². The molecule has 1 heterocycles. The number of nitrogens with zero attached hydrogens (tertiary/aromatic N) is 3. The van der Waals surface area contributed by atoms with Crippen LogP contribution in [-0.2, 0) is 11.3 Å². The third-order valence-electron chi connectivity index (χ3n) is 4.42. The number of ether oxygens (including phenoxy) is 2. The standard InChI is InChI=1S/C21H23BrN4O3S/c1-5-26-20(14-9-16(28-3)11-17(10-14)29-4)24-25-21(26)30-12-19(27)23-15-6-7-18(22)13(2)8-15/h6-11H,5,12H2,1-4H3,(H,23,27). The summed E-state index contributed by atoms with van der Waals surface area (Å²) in [6, 6.07) is 11.3. The van der Waals surface area contributed by atoms with Gasteiger partial charge in [0.1, 0.15) is 11.5 Å². The molecule has 0 unspecified atom stereocenters. The van der Waals surface area contributed by atoms with Gasteiger partial charge in [0.15, 0.2) is 11.0 Å². The van der Waals surface area contributed by atoms with Gasteiger partial charge in [0.05, 0.1) is 20.0 Å². The summed E-state index contributed by atoms with van der Waals surface area (Å²) in [7, 11) is 3.21. The molecule has 0 saturated carbocycles. The van der Waals surface area contributed by atoms with Gasteiger partial charge in [0.25, 0.3) is 0 Å². The van der Waals surface area contributed by atoms with Crippen molar-refractivity contribution < 1.29 is 14.3 Å². The summed E-state index contributed by atoms with van der Waals surface area (Å²) in [4.78, 5) is 12.4. The van der Waals surface area contributed by atoms with E-state index in [2.05, 4.69) is 31.4 Å². The zero-order valence-corrected chi connectivity index (χ0v) is 19.6. The number of nitrogens with one attached hydrogen (secondary N) is 1. The normalized spacial score (nSPS) is 10.7. The molecule has 3 rings (SSSR count). The van der Waals surface area contributed by atoms with Crippen LogP contribution in [0.1, 0.15) is 12.5 Å². The molecule has 0 fully saturated rings. The molecule has 2 aromatic carbocycles. The van der Waals surface area contributed by atoms with Crippen LogP contribution in [0.15, 0.2) is 46.0 Å². The van der Waals surface area contributed by atoms with Gasteiger partial charge in [-0.2, -0.15) is 0 Å². The van der Waals surface area contributed by atoms with E-state index in [1.165, 1.54) is 11.8 Å². The number of anilines is 1. The molecule has 0 bridgehead atoms. The number of hydrogen-bond donors (Lipinski definition) is 1. The molecule has 1 N–H and O–H groups in total. The highest BCUT2D eigenvalue weighted by Crippen LogP contribution is 2.31. The third-order valence-corrected chi connectivity index (χ3v) is 6.27. The molecule has 0 atom stereocenters. The predicted molar refractivity (Wildman–Crippen MR) is 122 cm³/mol. The van der Waals surface area contributed by atoms with E-state index >= 15 is 0 Å². The van der Waals surface area contributed by atoms with E-state index < -0.39 is 0 Å². The number of carbonyl (C=O) groups is 1. The first-order valence-electron chi connectivity index (χ1n) is 9.30. The summed E-state index contributed by atoms with van der Waals surface area (Å²) in [5.41, 5.74) is 2.66. The van der Waals surface area contributed by atoms with E-state index in [0.717, 1.165) is 21.3 Å². The quantitative estimate of drug-likeness (QED) is 0.457. The number of hydrogen-bond acceptors (Lipinski definition) is 6. The molecule has 30 heavy (non-hydrogen) atoms. The minimum Gasteiger partial charge on any atom is -0.497 e. The summed E-state index contributed by atoms with van der Waals surface area (Å²) >= 11 is 4.81. The molecule has 3 aromatic rings. The molecule has 7 nitrogen and oxygen atoms in total. The SMILES string of the molecule is CCn1c(SCC(=O)Nc2ccc(Br)c(C)c2)nnc1-c1cc(OC)cc(OC)c1. The number of benzene rings is 2. The average molecular weight is 491 g/mol. The van der Waals surface area contributed by atoms with Crippen LogP contribution in [0.25, 0.3) is 11.4 Å². The second kappa shape index (κ2) is 9.99. The molecule has 0 aliphatic heterocycles. The van der Waals surface area contributed by atoms with Gasteiger partial charge in [-0.1, -0.05) is 27.7 Å². The van der Waals surface area contributed by atoms with Crippen molar-refractivity contribution >= 4 is 39.3 Å². The second-order valence-electron chi connectivity index (χ2n) is 6.45. The Morgan fingerprint density at radius 1 is 1.13 bits per heavy atom. The second-order valence-corrected chi connectivity index (χ2v) is 8.25. The van der Waals surface area contributed by atoms with Crippen molar-refractivity contribution in [3.8, 4) is 22.9 Å². The van der Waals surface area contributed by atoms with Gasteiger partial charge in [0.2, 0.25) is 5.91 Å². The predicted octanol–water partition coefficient (Wildman–Crippen LogP) is 4.78. The molecule has 0 spiro atoms. The smallest absolute Gasteiger partial charge is 0.234 e. The Bertz CT molecular complexity index is 1030. The van der Waals surface area contributed by atoms with Crippen LogP contribution in [0, 0.1) is 6.92 Å². The summed E-state index contributed by atoms with van der Waals surface area (Å²) in [5, 5.41) is 12.2. The fourth-order valence-corrected chi connectivity index (χ4v) is 3.93. The third kappa shape index (κ3) is 5.14. The highest BCUT2D eigenvalue weighted by molar-refractivity contribution is 9.10. The van der Waals surface area contributed by atoms with E-state index in [4.69, 9.17) is 9.47 Å². The van der Waals surface area contributed by atoms with Gasteiger partial charge in [0, 0.05) is 28.3 Å². The molecular formula is C21H23BrN4O3S. The summed E-state index contributed by atoms with van der Waals surface area (Å²) < 4.78 is 13.7. The van der Waals surface area contributed by atoms with Gasteiger partial charge in [-0.05, 0) is 49.7 Å². The highest BCUT2D eigenvalue weighted by atomic mass is 79.9. The number of aryl methyl sites for hydroxylation is 1. The summed E-state index contributed by atoms with van der Waals surface area (Å²) in [6.07, 6.45) is 0. The minimum atomic E-state index is -0.100. The van der Waals surface area contributed by atoms with Crippen LogP contribution in [0.5, 0.6) is 11.5 Å². The Morgan fingerprint density at radius 2 is 1.83 bits per heavy atom. The fraction of sp³-hybridized carbons (Fsp3) is 0.286. The fourth-order valence-electron chi connectivity index (χ4n) is 2.88. The van der Waals surface area contributed by atoms with Crippen LogP contribution in [0.4, 0.5) is 5.69 Å². The lowest BCUT2D eigenvalue weighted by Crippen LogP contribution is -2.14. The lowest BCUT2D eigenvalue weighted by molar-refractivity contribution is -0.113. The van der Waals surface area contributed by atoms with Crippen molar-refractivity contribution in [2.75, 3.05) is 25.3 Å². The molecule has 9 heteroatoms. The van der Waals surface area contributed by atoms with Gasteiger partial charge in [-0.25, -0.2) is 0 Å². The first-order chi connectivity index (χ1) is 14.4. The van der Waals surface area contributed by atoms with Gasteiger partial charge in [-0.3, -0.25) is 4.79 Å². The molecule has 0 radical (unpaired) electrons. The maximum atomic E-state index is 12.4. The molecule has 1 aromatic heterocycles. The molecule has 1 amide bonds. The van der Waals surface area contributed by atoms with Crippen LogP contribution in [0.3, 0.4) is 0 Å². The summed E-state index contributed by atoms with van der Waals surface area (Å²) in [5.74, 6) is 2.18. The van der Waals surface area contributed by atoms with E-state index in [1.54, 1.807) is 20.3 Å². The Morgan fingerprint density at radius 3 is 2.43 bits per heavy atom. The Hall–Kier alpha value is -2.52. The lowest BCUT2D eigenvalue weighted by atomic mass is 10.2. The Balaban J connectivity index is 1.74. The minimum absolute atomic E-state index is 0.100. The molecule has 0 aliphatic rings. The Labute approximate surface area is 188 Å². The monoisotopic (exact) mass is 490 g/mol. The van der Waals surface area contributed by atoms with E-state index in [1.807, 2.05) is 48.7 Å². The zero-order valence-electron chi connectivity index (χ0n) is 17.2. The lowest BCUT2D eigenvalue weighted by Gasteiger charge is -2.10. The van der Waals surface area contributed by atoms with Crippen molar-refractivity contribution in [3.63, 3.8) is 0 Å².